The molecule has 1 saturated heterocycles. The van der Waals surface area contributed by atoms with Crippen LogP contribution in [0.15, 0.2) is 0 Å². The molecule has 0 amide bonds. The first-order valence-corrected chi connectivity index (χ1v) is 7.93. The number of aryl methyl sites for hydroxylation is 1. The molecule has 6 nitrogen and oxygen atoms in total. The summed E-state index contributed by atoms with van der Waals surface area (Å²) >= 11 is 0. The van der Waals surface area contributed by atoms with Crippen molar-refractivity contribution < 1.29 is 0 Å². The Balaban J connectivity index is 1.71. The fourth-order valence-corrected chi connectivity index (χ4v) is 3.76. The van der Waals surface area contributed by atoms with Gasteiger partial charge in [0.2, 0.25) is 0 Å². The Bertz CT molecular complexity index is 437. The second-order valence-electron chi connectivity index (χ2n) is 6.38. The zero-order valence-electron chi connectivity index (χ0n) is 12.7. The van der Waals surface area contributed by atoms with E-state index in [0.717, 1.165) is 25.5 Å². The van der Waals surface area contributed by atoms with Gasteiger partial charge in [-0.25, -0.2) is 0 Å². The van der Waals surface area contributed by atoms with Gasteiger partial charge in [-0.3, -0.25) is 4.90 Å². The van der Waals surface area contributed by atoms with E-state index >= 15 is 0 Å². The van der Waals surface area contributed by atoms with Gasteiger partial charge in [0.05, 0.1) is 13.6 Å². The summed E-state index contributed by atoms with van der Waals surface area (Å²) in [5.74, 6) is 0.846. The van der Waals surface area contributed by atoms with Crippen LogP contribution in [0, 0.1) is 0 Å². The molecule has 2 heterocycles. The Labute approximate surface area is 120 Å². The van der Waals surface area contributed by atoms with Crippen molar-refractivity contribution in [3.8, 4) is 0 Å². The van der Waals surface area contributed by atoms with Crippen molar-refractivity contribution in [1.29, 1.82) is 0 Å². The molecule has 2 aliphatic rings. The quantitative estimate of drug-likeness (QED) is 0.897. The van der Waals surface area contributed by atoms with Crippen LogP contribution in [0.4, 0.5) is 0 Å². The lowest BCUT2D eigenvalue weighted by atomic mass is 9.79. The SMILES string of the molecule is CCC1CNC2(CCCCC2)CN1Cc1nnn(C)n1. The molecule has 20 heavy (non-hydrogen) atoms. The van der Waals surface area contributed by atoms with Gasteiger partial charge in [0.1, 0.15) is 0 Å². The lowest BCUT2D eigenvalue weighted by Gasteiger charge is -2.49. The zero-order chi connectivity index (χ0) is 14.0. The number of aromatic nitrogens is 4. The summed E-state index contributed by atoms with van der Waals surface area (Å²) < 4.78 is 0. The molecule has 1 saturated carbocycles. The highest BCUT2D eigenvalue weighted by Gasteiger charge is 2.39. The third-order valence-electron chi connectivity index (χ3n) is 4.91. The maximum absolute atomic E-state index is 4.34. The molecule has 1 aliphatic heterocycles. The highest BCUT2D eigenvalue weighted by Crippen LogP contribution is 2.32. The van der Waals surface area contributed by atoms with Crippen molar-refractivity contribution in [3.05, 3.63) is 5.82 Å². The average Bonchev–Trinajstić information content (AvgIpc) is 2.85. The van der Waals surface area contributed by atoms with Crippen molar-refractivity contribution in [1.82, 2.24) is 30.4 Å². The van der Waals surface area contributed by atoms with Crippen LogP contribution >= 0.6 is 0 Å². The molecule has 0 radical (unpaired) electrons. The van der Waals surface area contributed by atoms with Gasteiger partial charge < -0.3 is 5.32 Å². The van der Waals surface area contributed by atoms with E-state index in [1.165, 1.54) is 38.5 Å². The Hall–Kier alpha value is -1.01. The largest absolute Gasteiger partial charge is 0.308 e. The number of tetrazole rings is 1. The van der Waals surface area contributed by atoms with Crippen LogP contribution in [-0.4, -0.2) is 49.8 Å². The zero-order valence-corrected chi connectivity index (χ0v) is 12.7. The van der Waals surface area contributed by atoms with Crippen LogP contribution in [0.2, 0.25) is 0 Å². The van der Waals surface area contributed by atoms with Gasteiger partial charge in [0, 0.05) is 24.7 Å². The number of nitrogens with zero attached hydrogens (tertiary/aromatic N) is 5. The second-order valence-corrected chi connectivity index (χ2v) is 6.38. The Morgan fingerprint density at radius 2 is 2.10 bits per heavy atom. The fraction of sp³-hybridized carbons (Fsp3) is 0.929. The monoisotopic (exact) mass is 278 g/mol. The van der Waals surface area contributed by atoms with E-state index in [1.807, 2.05) is 7.05 Å². The molecule has 1 unspecified atom stereocenters. The summed E-state index contributed by atoms with van der Waals surface area (Å²) in [5, 5.41) is 16.3. The smallest absolute Gasteiger partial charge is 0.188 e. The van der Waals surface area contributed by atoms with Crippen molar-refractivity contribution in [2.24, 2.45) is 7.05 Å². The molecular formula is C14H26N6. The fourth-order valence-electron chi connectivity index (χ4n) is 3.76. The van der Waals surface area contributed by atoms with E-state index in [0.29, 0.717) is 11.6 Å². The predicted molar refractivity (Wildman–Crippen MR) is 77.1 cm³/mol. The highest BCUT2D eigenvalue weighted by molar-refractivity contribution is 5.00. The predicted octanol–water partition coefficient (Wildman–Crippen LogP) is 1.10. The number of hydrogen-bond acceptors (Lipinski definition) is 5. The Kier molecular flexibility index (Phi) is 4.03. The first-order valence-electron chi connectivity index (χ1n) is 7.93. The van der Waals surface area contributed by atoms with Gasteiger partial charge in [0.25, 0.3) is 0 Å². The van der Waals surface area contributed by atoms with E-state index in [4.69, 9.17) is 0 Å². The van der Waals surface area contributed by atoms with E-state index in [1.54, 1.807) is 4.80 Å². The van der Waals surface area contributed by atoms with Crippen LogP contribution in [0.3, 0.4) is 0 Å². The minimum atomic E-state index is 0.339. The molecule has 1 aromatic heterocycles. The van der Waals surface area contributed by atoms with Crippen LogP contribution in [-0.2, 0) is 13.6 Å². The van der Waals surface area contributed by atoms with Crippen molar-refractivity contribution in [3.63, 3.8) is 0 Å². The molecule has 2 fully saturated rings. The maximum atomic E-state index is 4.34. The van der Waals surface area contributed by atoms with Gasteiger partial charge in [-0.15, -0.1) is 10.2 Å². The molecule has 1 aliphatic carbocycles. The van der Waals surface area contributed by atoms with Gasteiger partial charge in [-0.2, -0.15) is 4.80 Å². The Morgan fingerprint density at radius 1 is 1.30 bits per heavy atom. The number of rotatable bonds is 3. The molecule has 0 bridgehead atoms. The summed E-state index contributed by atoms with van der Waals surface area (Å²) in [6.07, 6.45) is 7.92. The minimum Gasteiger partial charge on any atom is -0.308 e. The topological polar surface area (TPSA) is 58.9 Å². The second kappa shape index (κ2) is 5.77. The minimum absolute atomic E-state index is 0.339. The summed E-state index contributed by atoms with van der Waals surface area (Å²) in [6, 6.07) is 0.589. The molecule has 0 aromatic carbocycles. The van der Waals surface area contributed by atoms with Crippen molar-refractivity contribution in [2.75, 3.05) is 13.1 Å². The van der Waals surface area contributed by atoms with E-state index < -0.39 is 0 Å². The molecule has 3 rings (SSSR count). The van der Waals surface area contributed by atoms with Gasteiger partial charge in [-0.1, -0.05) is 26.2 Å². The molecule has 6 heteroatoms. The number of hydrogen-bond donors (Lipinski definition) is 1. The van der Waals surface area contributed by atoms with E-state index in [2.05, 4.69) is 32.6 Å². The van der Waals surface area contributed by atoms with Crippen LogP contribution < -0.4 is 5.32 Å². The lowest BCUT2D eigenvalue weighted by molar-refractivity contribution is 0.0466. The molecule has 1 N–H and O–H groups in total. The van der Waals surface area contributed by atoms with Crippen molar-refractivity contribution >= 4 is 0 Å². The molecule has 1 spiro atoms. The summed E-state index contributed by atoms with van der Waals surface area (Å²) in [4.78, 5) is 4.12. The number of piperazine rings is 1. The third-order valence-corrected chi connectivity index (χ3v) is 4.91. The normalized spacial score (nSPS) is 27.0. The Morgan fingerprint density at radius 3 is 2.75 bits per heavy atom. The standard InChI is InChI=1S/C14H26N6/c1-3-12-9-15-14(7-5-4-6-8-14)11-20(12)10-13-16-18-19(2)17-13/h12,15H,3-11H2,1-2H3. The molecule has 1 aromatic rings. The maximum Gasteiger partial charge on any atom is 0.188 e. The molecule has 1 atom stereocenters. The highest BCUT2D eigenvalue weighted by atomic mass is 15.6. The summed E-state index contributed by atoms with van der Waals surface area (Å²) in [5.41, 5.74) is 0.339. The van der Waals surface area contributed by atoms with Gasteiger partial charge in [-0.05, 0) is 24.5 Å². The van der Waals surface area contributed by atoms with Gasteiger partial charge in [0.15, 0.2) is 5.82 Å². The molecular weight excluding hydrogens is 252 g/mol. The molecule has 112 valence electrons. The van der Waals surface area contributed by atoms with E-state index in [-0.39, 0.29) is 0 Å². The first-order chi connectivity index (χ1) is 9.71. The van der Waals surface area contributed by atoms with Crippen LogP contribution in [0.1, 0.15) is 51.3 Å². The van der Waals surface area contributed by atoms with Crippen LogP contribution in [0.5, 0.6) is 0 Å². The number of nitrogens with one attached hydrogen (secondary N) is 1. The van der Waals surface area contributed by atoms with Crippen molar-refractivity contribution in [2.45, 2.75) is 63.6 Å². The first kappa shape index (κ1) is 13.9. The lowest BCUT2D eigenvalue weighted by Crippen LogP contribution is -2.64. The average molecular weight is 278 g/mol. The van der Waals surface area contributed by atoms with Gasteiger partial charge >= 0.3 is 0 Å². The third kappa shape index (κ3) is 2.86. The van der Waals surface area contributed by atoms with E-state index in [9.17, 15) is 0 Å². The summed E-state index contributed by atoms with van der Waals surface area (Å²) in [7, 11) is 1.83. The summed E-state index contributed by atoms with van der Waals surface area (Å²) in [6.45, 7) is 5.32. The van der Waals surface area contributed by atoms with Crippen LogP contribution in [0.25, 0.3) is 0 Å².